The number of halogens is 5. The fourth-order valence-electron chi connectivity index (χ4n) is 4.74. The standard InChI is InChI=1S/C25H22BrClF3N3OS/c1-4-19-14(26)8-20(35-19)21-13(11-31)23(32)33(17-9-24(2,3)10-18(34)22(17)21)16-7-12(25(28,29)30)5-6-15(16)27/h5-8,21H,4,9-10,32H2,1-3H3. The third-order valence-corrected chi connectivity index (χ3v) is 8.91. The lowest BCUT2D eigenvalue weighted by molar-refractivity contribution is -0.137. The number of carbonyl (C=O) groups excluding carboxylic acids is 1. The monoisotopic (exact) mass is 583 g/mol. The molecule has 0 saturated carbocycles. The molecule has 35 heavy (non-hydrogen) atoms. The number of carbonyl (C=O) groups is 1. The first kappa shape index (κ1) is 25.8. The third-order valence-electron chi connectivity index (χ3n) is 6.28. The number of nitriles is 1. The highest BCUT2D eigenvalue weighted by atomic mass is 79.9. The molecule has 1 unspecified atom stereocenters. The largest absolute Gasteiger partial charge is 0.416 e. The van der Waals surface area contributed by atoms with Gasteiger partial charge in [-0.1, -0.05) is 32.4 Å². The van der Waals surface area contributed by atoms with E-state index in [-0.39, 0.29) is 34.3 Å². The average molecular weight is 585 g/mol. The summed E-state index contributed by atoms with van der Waals surface area (Å²) in [6.45, 7) is 5.85. The molecule has 0 fully saturated rings. The fourth-order valence-corrected chi connectivity index (χ4v) is 6.98. The molecule has 184 valence electrons. The van der Waals surface area contributed by atoms with Crippen LogP contribution in [0.5, 0.6) is 0 Å². The average Bonchev–Trinajstić information content (AvgIpc) is 3.12. The fraction of sp³-hybridized carbons (Fsp3) is 0.360. The van der Waals surface area contributed by atoms with Gasteiger partial charge in [0.15, 0.2) is 5.78 Å². The van der Waals surface area contributed by atoms with Gasteiger partial charge in [0, 0.05) is 31.9 Å². The lowest BCUT2D eigenvalue weighted by Crippen LogP contribution is -2.42. The Morgan fingerprint density at radius 2 is 2.00 bits per heavy atom. The highest BCUT2D eigenvalue weighted by molar-refractivity contribution is 9.10. The Bertz CT molecular complexity index is 1340. The molecule has 1 atom stereocenters. The Morgan fingerprint density at radius 3 is 2.57 bits per heavy atom. The summed E-state index contributed by atoms with van der Waals surface area (Å²) in [6.07, 6.45) is -3.22. The van der Waals surface area contributed by atoms with Crippen molar-refractivity contribution in [1.82, 2.24) is 0 Å². The van der Waals surface area contributed by atoms with E-state index in [0.29, 0.717) is 17.7 Å². The SMILES string of the molecule is CCc1sc(C2C(C#N)=C(N)N(c3cc(C(F)(F)F)ccc3Cl)C3=C2C(=O)CC(C)(C)C3)cc1Br. The van der Waals surface area contributed by atoms with Crippen LogP contribution in [0.4, 0.5) is 18.9 Å². The molecule has 0 bridgehead atoms. The summed E-state index contributed by atoms with van der Waals surface area (Å²) in [5, 5.41) is 10.2. The van der Waals surface area contributed by atoms with Crippen LogP contribution in [0, 0.1) is 16.7 Å². The molecule has 10 heteroatoms. The van der Waals surface area contributed by atoms with Gasteiger partial charge in [-0.15, -0.1) is 11.3 Å². The van der Waals surface area contributed by atoms with Crippen molar-refractivity contribution in [3.05, 3.63) is 71.7 Å². The second-order valence-corrected chi connectivity index (χ2v) is 11.8. The first-order valence-corrected chi connectivity index (χ1v) is 12.9. The molecule has 1 aliphatic carbocycles. The molecule has 0 saturated heterocycles. The molecule has 4 nitrogen and oxygen atoms in total. The molecule has 0 spiro atoms. The van der Waals surface area contributed by atoms with Gasteiger partial charge in [0.25, 0.3) is 0 Å². The van der Waals surface area contributed by atoms with E-state index in [0.717, 1.165) is 38.8 Å². The number of benzene rings is 1. The highest BCUT2D eigenvalue weighted by Gasteiger charge is 2.46. The molecule has 0 radical (unpaired) electrons. The molecule has 0 amide bonds. The zero-order valence-corrected chi connectivity index (χ0v) is 22.3. The Hall–Kier alpha value is -2.28. The van der Waals surface area contributed by atoms with Gasteiger partial charge >= 0.3 is 6.18 Å². The van der Waals surface area contributed by atoms with Crippen molar-refractivity contribution in [2.75, 3.05) is 4.90 Å². The molecule has 1 aromatic heterocycles. The Balaban J connectivity index is 2.03. The van der Waals surface area contributed by atoms with Gasteiger partial charge in [-0.2, -0.15) is 18.4 Å². The number of ketones is 1. The zero-order chi connectivity index (χ0) is 25.9. The summed E-state index contributed by atoms with van der Waals surface area (Å²) in [4.78, 5) is 16.8. The van der Waals surface area contributed by atoms with Crippen molar-refractivity contribution < 1.29 is 18.0 Å². The van der Waals surface area contributed by atoms with Gasteiger partial charge in [0.2, 0.25) is 0 Å². The first-order chi connectivity index (χ1) is 16.3. The molecule has 4 rings (SSSR count). The summed E-state index contributed by atoms with van der Waals surface area (Å²) < 4.78 is 41.5. The van der Waals surface area contributed by atoms with Crippen molar-refractivity contribution >= 4 is 50.3 Å². The predicted molar refractivity (Wildman–Crippen MR) is 135 cm³/mol. The van der Waals surface area contributed by atoms with E-state index in [4.69, 9.17) is 17.3 Å². The van der Waals surface area contributed by atoms with Crippen LogP contribution in [0.1, 0.15) is 54.8 Å². The number of thiophene rings is 1. The Morgan fingerprint density at radius 1 is 1.31 bits per heavy atom. The van der Waals surface area contributed by atoms with Gasteiger partial charge in [-0.05, 0) is 58.5 Å². The van der Waals surface area contributed by atoms with Crippen LogP contribution in [0.2, 0.25) is 5.02 Å². The van der Waals surface area contributed by atoms with Gasteiger partial charge in [-0.25, -0.2) is 0 Å². The van der Waals surface area contributed by atoms with E-state index < -0.39 is 23.1 Å². The summed E-state index contributed by atoms with van der Waals surface area (Å²) in [6, 6.07) is 7.00. The summed E-state index contributed by atoms with van der Waals surface area (Å²) >= 11 is 11.4. The summed E-state index contributed by atoms with van der Waals surface area (Å²) in [7, 11) is 0. The van der Waals surface area contributed by atoms with Crippen molar-refractivity contribution in [3.8, 4) is 6.07 Å². The minimum atomic E-state index is -4.60. The van der Waals surface area contributed by atoms with Gasteiger partial charge in [0.1, 0.15) is 5.82 Å². The number of Topliss-reactive ketones (excluding diaryl/α,β-unsaturated/α-hetero) is 1. The van der Waals surface area contributed by atoms with Crippen LogP contribution in [-0.2, 0) is 17.4 Å². The first-order valence-electron chi connectivity index (χ1n) is 10.9. The van der Waals surface area contributed by atoms with E-state index >= 15 is 0 Å². The maximum atomic E-state index is 13.6. The van der Waals surface area contributed by atoms with Gasteiger partial charge < -0.3 is 5.73 Å². The lowest BCUT2D eigenvalue weighted by Gasteiger charge is -2.43. The lowest BCUT2D eigenvalue weighted by atomic mass is 9.69. The number of hydrogen-bond donors (Lipinski definition) is 1. The van der Waals surface area contributed by atoms with Crippen molar-refractivity contribution in [3.63, 3.8) is 0 Å². The van der Waals surface area contributed by atoms with Crippen LogP contribution < -0.4 is 10.6 Å². The minimum absolute atomic E-state index is 0.00945. The van der Waals surface area contributed by atoms with E-state index in [1.807, 2.05) is 26.8 Å². The Labute approximate surface area is 219 Å². The van der Waals surface area contributed by atoms with E-state index in [9.17, 15) is 23.2 Å². The molecular weight excluding hydrogens is 563 g/mol. The third kappa shape index (κ3) is 4.52. The van der Waals surface area contributed by atoms with Crippen LogP contribution in [-0.4, -0.2) is 5.78 Å². The number of aryl methyl sites for hydroxylation is 1. The molecule has 1 aromatic carbocycles. The summed E-state index contributed by atoms with van der Waals surface area (Å²) in [5.74, 6) is -0.872. The highest BCUT2D eigenvalue weighted by Crippen LogP contribution is 2.53. The van der Waals surface area contributed by atoms with Crippen LogP contribution in [0.15, 0.2) is 51.4 Å². The van der Waals surface area contributed by atoms with Crippen LogP contribution in [0.3, 0.4) is 0 Å². The van der Waals surface area contributed by atoms with Crippen molar-refractivity contribution in [2.24, 2.45) is 11.1 Å². The smallest absolute Gasteiger partial charge is 0.384 e. The molecule has 1 aliphatic heterocycles. The second-order valence-electron chi connectivity index (χ2n) is 9.42. The molecular formula is C25H22BrClF3N3OS. The Kier molecular flexibility index (Phi) is 6.62. The van der Waals surface area contributed by atoms with Crippen molar-refractivity contribution in [2.45, 2.75) is 52.1 Å². The second kappa shape index (κ2) is 8.99. The molecule has 2 aliphatic rings. The minimum Gasteiger partial charge on any atom is -0.384 e. The number of nitrogens with zero attached hydrogens (tertiary/aromatic N) is 2. The van der Waals surface area contributed by atoms with Crippen LogP contribution in [0.25, 0.3) is 0 Å². The number of hydrogen-bond acceptors (Lipinski definition) is 5. The topological polar surface area (TPSA) is 70.1 Å². The quantitative estimate of drug-likeness (QED) is 0.402. The number of rotatable bonds is 3. The molecule has 2 heterocycles. The molecule has 2 N–H and O–H groups in total. The molecule has 2 aromatic rings. The van der Waals surface area contributed by atoms with Crippen molar-refractivity contribution in [1.29, 1.82) is 5.26 Å². The van der Waals surface area contributed by atoms with E-state index in [2.05, 4.69) is 22.0 Å². The number of anilines is 1. The number of allylic oxidation sites excluding steroid dienone is 3. The van der Waals surface area contributed by atoms with Crippen LogP contribution >= 0.6 is 38.9 Å². The zero-order valence-electron chi connectivity index (χ0n) is 19.2. The summed E-state index contributed by atoms with van der Waals surface area (Å²) in [5.41, 5.74) is 6.15. The predicted octanol–water partition coefficient (Wildman–Crippen LogP) is 7.69. The van der Waals surface area contributed by atoms with E-state index in [1.54, 1.807) is 0 Å². The maximum Gasteiger partial charge on any atom is 0.416 e. The number of alkyl halides is 3. The maximum absolute atomic E-state index is 13.6. The van der Waals surface area contributed by atoms with E-state index in [1.165, 1.54) is 16.2 Å². The number of nitrogens with two attached hydrogens (primary N) is 1. The van der Waals surface area contributed by atoms with Gasteiger partial charge in [-0.3, -0.25) is 9.69 Å². The van der Waals surface area contributed by atoms with Gasteiger partial charge in [0.05, 0.1) is 33.8 Å². The normalized spacial score (nSPS) is 20.3.